The van der Waals surface area contributed by atoms with Gasteiger partial charge in [0.25, 0.3) is 0 Å². The summed E-state index contributed by atoms with van der Waals surface area (Å²) in [6, 6.07) is 14.7. The first-order valence-electron chi connectivity index (χ1n) is 8.97. The normalized spacial score (nSPS) is 13.6. The topological polar surface area (TPSA) is 136 Å². The Labute approximate surface area is 173 Å². The number of methoxy groups -OCH3 is 1. The Kier molecular flexibility index (Phi) is 5.16. The third kappa shape index (κ3) is 4.13. The second-order valence-corrected chi connectivity index (χ2v) is 7.89. The third-order valence-corrected chi connectivity index (χ3v) is 5.12. The van der Waals surface area contributed by atoms with Crippen LogP contribution >= 0.6 is 0 Å². The lowest BCUT2D eigenvalue weighted by Crippen LogP contribution is -2.29. The van der Waals surface area contributed by atoms with Crippen molar-refractivity contribution in [1.82, 2.24) is 20.0 Å². The van der Waals surface area contributed by atoms with Gasteiger partial charge in [-0.3, -0.25) is 9.27 Å². The minimum Gasteiger partial charge on any atom is -0.495 e. The van der Waals surface area contributed by atoms with Crippen LogP contribution in [-0.2, 0) is 23.4 Å². The molecule has 0 saturated carbocycles. The number of nitrogens with one attached hydrogen (secondary N) is 1. The first kappa shape index (κ1) is 19.9. The van der Waals surface area contributed by atoms with E-state index in [1.807, 2.05) is 41.3 Å². The SMILES string of the molecule is COc1cc(Cn2nnc3c2CN(N)C=C3c2ccccc2)ccc1NS(=O)(=O)O. The van der Waals surface area contributed by atoms with Crippen molar-refractivity contribution >= 4 is 21.6 Å². The van der Waals surface area contributed by atoms with Crippen LogP contribution in [0.5, 0.6) is 5.75 Å². The minimum absolute atomic E-state index is 0.131. The smallest absolute Gasteiger partial charge is 0.357 e. The van der Waals surface area contributed by atoms with Crippen LogP contribution in [0.1, 0.15) is 22.5 Å². The number of benzene rings is 2. The summed E-state index contributed by atoms with van der Waals surface area (Å²) in [5, 5.41) is 10.2. The first-order valence-corrected chi connectivity index (χ1v) is 10.4. The molecule has 0 amide bonds. The summed E-state index contributed by atoms with van der Waals surface area (Å²) < 4.78 is 40.2. The molecule has 156 valence electrons. The van der Waals surface area contributed by atoms with E-state index in [0.29, 0.717) is 13.1 Å². The molecular weight excluding hydrogens is 408 g/mol. The molecule has 4 N–H and O–H groups in total. The zero-order valence-electron chi connectivity index (χ0n) is 16.1. The number of aromatic nitrogens is 3. The maximum Gasteiger partial charge on any atom is 0.357 e. The van der Waals surface area contributed by atoms with Gasteiger partial charge in [-0.1, -0.05) is 41.6 Å². The molecule has 1 aliphatic rings. The Bertz CT molecular complexity index is 1210. The fourth-order valence-electron chi connectivity index (χ4n) is 3.33. The van der Waals surface area contributed by atoms with Gasteiger partial charge in [0.2, 0.25) is 0 Å². The van der Waals surface area contributed by atoms with Crippen molar-refractivity contribution in [2.45, 2.75) is 13.1 Å². The van der Waals surface area contributed by atoms with Gasteiger partial charge in [-0.25, -0.2) is 10.5 Å². The molecule has 11 heteroatoms. The third-order valence-electron chi connectivity index (χ3n) is 4.64. The van der Waals surface area contributed by atoms with E-state index in [1.54, 1.807) is 21.8 Å². The van der Waals surface area contributed by atoms with Crippen molar-refractivity contribution in [3.05, 3.63) is 77.2 Å². The van der Waals surface area contributed by atoms with Crippen LogP contribution in [0, 0.1) is 0 Å². The number of nitrogens with zero attached hydrogens (tertiary/aromatic N) is 4. The Morgan fingerprint density at radius 3 is 2.70 bits per heavy atom. The number of rotatable bonds is 6. The Morgan fingerprint density at radius 1 is 1.23 bits per heavy atom. The number of ether oxygens (including phenoxy) is 1. The molecule has 0 atom stereocenters. The summed E-state index contributed by atoms with van der Waals surface area (Å²) in [5.74, 6) is 6.37. The van der Waals surface area contributed by atoms with Crippen LogP contribution in [0.4, 0.5) is 5.69 Å². The fourth-order valence-corrected chi connectivity index (χ4v) is 3.78. The van der Waals surface area contributed by atoms with Crippen LogP contribution in [0.15, 0.2) is 54.7 Å². The monoisotopic (exact) mass is 428 g/mol. The number of hydrogen-bond acceptors (Lipinski definition) is 7. The summed E-state index contributed by atoms with van der Waals surface area (Å²) >= 11 is 0. The van der Waals surface area contributed by atoms with Gasteiger partial charge in [0.05, 0.1) is 31.6 Å². The molecule has 0 unspecified atom stereocenters. The first-order chi connectivity index (χ1) is 14.3. The number of fused-ring (bicyclic) bond motifs is 1. The number of hydrazine groups is 1. The highest BCUT2D eigenvalue weighted by molar-refractivity contribution is 7.87. The summed E-state index contributed by atoms with van der Waals surface area (Å²) in [6.45, 7) is 0.818. The van der Waals surface area contributed by atoms with Gasteiger partial charge in [0, 0.05) is 11.8 Å². The van der Waals surface area contributed by atoms with Crippen LogP contribution in [0.2, 0.25) is 0 Å². The highest BCUT2D eigenvalue weighted by atomic mass is 32.2. The maximum absolute atomic E-state index is 11.1. The van der Waals surface area contributed by atoms with Crippen LogP contribution in [-0.4, -0.2) is 40.1 Å². The Hall–Kier alpha value is -3.41. The summed E-state index contributed by atoms with van der Waals surface area (Å²) in [5.41, 5.74) is 4.43. The van der Waals surface area contributed by atoms with Gasteiger partial charge < -0.3 is 9.75 Å². The summed E-state index contributed by atoms with van der Waals surface area (Å²) in [7, 11) is -2.99. The molecule has 0 saturated heterocycles. The van der Waals surface area contributed by atoms with Crippen molar-refractivity contribution in [3.8, 4) is 5.75 Å². The molecule has 4 rings (SSSR count). The molecule has 0 spiro atoms. The Morgan fingerprint density at radius 2 is 2.00 bits per heavy atom. The average Bonchev–Trinajstić information content (AvgIpc) is 3.10. The van der Waals surface area contributed by atoms with Crippen molar-refractivity contribution in [2.24, 2.45) is 5.84 Å². The summed E-state index contributed by atoms with van der Waals surface area (Å²) in [4.78, 5) is 0. The van der Waals surface area contributed by atoms with Crippen LogP contribution in [0.25, 0.3) is 5.57 Å². The van der Waals surface area contributed by atoms with Crippen LogP contribution in [0.3, 0.4) is 0 Å². The molecule has 0 fully saturated rings. The molecule has 2 aromatic carbocycles. The second-order valence-electron chi connectivity index (χ2n) is 6.74. The molecule has 30 heavy (non-hydrogen) atoms. The number of nitrogens with two attached hydrogens (primary N) is 1. The Balaban J connectivity index is 1.65. The number of anilines is 1. The van der Waals surface area contributed by atoms with E-state index < -0.39 is 10.3 Å². The molecular formula is C19H20N6O4S. The molecule has 10 nitrogen and oxygen atoms in total. The van der Waals surface area contributed by atoms with Gasteiger partial charge in [-0.2, -0.15) is 8.42 Å². The molecule has 0 aliphatic carbocycles. The zero-order valence-corrected chi connectivity index (χ0v) is 16.9. The maximum atomic E-state index is 11.1. The molecule has 1 aromatic heterocycles. The lowest BCUT2D eigenvalue weighted by Gasteiger charge is -2.22. The van der Waals surface area contributed by atoms with E-state index in [2.05, 4.69) is 10.3 Å². The average molecular weight is 428 g/mol. The van der Waals surface area contributed by atoms with Crippen molar-refractivity contribution in [3.63, 3.8) is 0 Å². The van der Waals surface area contributed by atoms with Gasteiger partial charge in [0.1, 0.15) is 11.4 Å². The van der Waals surface area contributed by atoms with Crippen molar-refractivity contribution in [1.29, 1.82) is 0 Å². The van der Waals surface area contributed by atoms with E-state index in [-0.39, 0.29) is 11.4 Å². The highest BCUT2D eigenvalue weighted by Gasteiger charge is 2.24. The lowest BCUT2D eigenvalue weighted by atomic mass is 10.00. The predicted octanol–water partition coefficient (Wildman–Crippen LogP) is 1.63. The zero-order chi connectivity index (χ0) is 21.3. The quantitative estimate of drug-likeness (QED) is 0.398. The van der Waals surface area contributed by atoms with E-state index in [9.17, 15) is 8.42 Å². The fraction of sp³-hybridized carbons (Fsp3) is 0.158. The number of hydrogen-bond donors (Lipinski definition) is 3. The highest BCUT2D eigenvalue weighted by Crippen LogP contribution is 2.30. The molecule has 0 radical (unpaired) electrons. The van der Waals surface area contributed by atoms with Gasteiger partial charge in [-0.05, 0) is 23.3 Å². The molecule has 0 bridgehead atoms. The van der Waals surface area contributed by atoms with E-state index in [4.69, 9.17) is 15.1 Å². The van der Waals surface area contributed by atoms with Gasteiger partial charge in [-0.15, -0.1) is 5.10 Å². The standard InChI is InChI=1S/C19H20N6O4S/c1-29-18-9-13(7-8-16(18)22-30(26,27)28)10-25-17-12-24(20)11-15(19(17)21-23-25)14-5-3-2-4-6-14/h2-9,11,22H,10,12,20H2,1H3,(H,26,27,28). The van der Waals surface area contributed by atoms with Crippen molar-refractivity contribution in [2.75, 3.05) is 11.8 Å². The molecule has 2 heterocycles. The lowest BCUT2D eigenvalue weighted by molar-refractivity contribution is 0.366. The van der Waals surface area contributed by atoms with Gasteiger partial charge in [0.15, 0.2) is 0 Å². The second kappa shape index (κ2) is 7.78. The largest absolute Gasteiger partial charge is 0.495 e. The molecule has 1 aliphatic heterocycles. The molecule has 3 aromatic rings. The van der Waals surface area contributed by atoms with E-state index in [1.165, 1.54) is 13.2 Å². The summed E-state index contributed by atoms with van der Waals surface area (Å²) in [6.07, 6.45) is 1.84. The van der Waals surface area contributed by atoms with Crippen molar-refractivity contribution < 1.29 is 17.7 Å². The van der Waals surface area contributed by atoms with Gasteiger partial charge >= 0.3 is 10.3 Å². The van der Waals surface area contributed by atoms with E-state index >= 15 is 0 Å². The minimum atomic E-state index is -4.41. The van der Waals surface area contributed by atoms with E-state index in [0.717, 1.165) is 28.1 Å². The van der Waals surface area contributed by atoms with Crippen LogP contribution < -0.4 is 15.3 Å². The predicted molar refractivity (Wildman–Crippen MR) is 111 cm³/mol.